The molecule has 6 heteroatoms. The van der Waals surface area contributed by atoms with Crippen molar-refractivity contribution in [2.24, 2.45) is 5.92 Å². The summed E-state index contributed by atoms with van der Waals surface area (Å²) < 4.78 is 22.8. The summed E-state index contributed by atoms with van der Waals surface area (Å²) >= 11 is 0. The first kappa shape index (κ1) is 18.9. The van der Waals surface area contributed by atoms with E-state index in [9.17, 15) is 9.36 Å². The number of esters is 1. The third kappa shape index (κ3) is 5.02. The van der Waals surface area contributed by atoms with Crippen molar-refractivity contribution >= 4 is 14.1 Å². The lowest BCUT2D eigenvalue weighted by molar-refractivity contribution is -0.141. The number of carbonyl (C=O) groups excluding carboxylic acids is 1. The highest BCUT2D eigenvalue weighted by Gasteiger charge is 2.34. The molecule has 2 unspecified atom stereocenters. The molecule has 1 aromatic rings. The number of ether oxygens (including phenoxy) is 1. The zero-order chi connectivity index (χ0) is 17.7. The van der Waals surface area contributed by atoms with Crippen molar-refractivity contribution < 1.29 is 18.6 Å². The topological polar surface area (TPSA) is 64.6 Å². The van der Waals surface area contributed by atoms with Crippen LogP contribution in [0.4, 0.5) is 0 Å². The fourth-order valence-electron chi connectivity index (χ4n) is 2.80. The van der Waals surface area contributed by atoms with E-state index in [0.717, 1.165) is 11.1 Å². The number of para-hydroxylation sites is 1. The van der Waals surface area contributed by atoms with Crippen LogP contribution in [0.1, 0.15) is 63.5 Å². The zero-order valence-electron chi connectivity index (χ0n) is 14.9. The largest absolute Gasteiger partial charge is 0.664 e. The van der Waals surface area contributed by atoms with Gasteiger partial charge in [-0.15, -0.1) is 0 Å². The van der Waals surface area contributed by atoms with Crippen LogP contribution in [0.5, 0.6) is 5.75 Å². The highest BCUT2D eigenvalue weighted by Crippen LogP contribution is 2.47. The van der Waals surface area contributed by atoms with Gasteiger partial charge in [0, 0.05) is 15.7 Å². The van der Waals surface area contributed by atoms with Gasteiger partial charge in [0.25, 0.3) is 0 Å². The molecule has 132 valence electrons. The number of hydrogen-bond donors (Lipinski definition) is 1. The molecular formula is C18H27NO4P+. The maximum Gasteiger partial charge on any atom is 0.664 e. The molecule has 1 saturated carbocycles. The van der Waals surface area contributed by atoms with Gasteiger partial charge in [0.05, 0.1) is 6.61 Å². The molecule has 0 heterocycles. The summed E-state index contributed by atoms with van der Waals surface area (Å²) in [6.45, 7) is 8.29. The van der Waals surface area contributed by atoms with Gasteiger partial charge in [-0.25, -0.2) is 4.52 Å². The molecule has 1 aliphatic carbocycles. The van der Waals surface area contributed by atoms with E-state index in [1.165, 1.54) is 12.8 Å². The molecule has 1 N–H and O–H groups in total. The van der Waals surface area contributed by atoms with E-state index >= 15 is 0 Å². The summed E-state index contributed by atoms with van der Waals surface area (Å²) in [7, 11) is -2.18. The van der Waals surface area contributed by atoms with E-state index in [1.54, 1.807) is 6.92 Å². The number of carbonyl (C=O) groups is 1. The Hall–Kier alpha value is -1.45. The maximum absolute atomic E-state index is 12.3. The molecule has 0 aliphatic heterocycles. The first-order valence-electron chi connectivity index (χ1n) is 8.61. The molecule has 0 radical (unpaired) electrons. The van der Waals surface area contributed by atoms with E-state index in [2.05, 4.69) is 31.9 Å². The van der Waals surface area contributed by atoms with Crippen molar-refractivity contribution in [3.05, 3.63) is 29.3 Å². The quantitative estimate of drug-likeness (QED) is 0.523. The highest BCUT2D eigenvalue weighted by atomic mass is 31.1. The zero-order valence-corrected chi connectivity index (χ0v) is 15.8. The lowest BCUT2D eigenvalue weighted by Crippen LogP contribution is -2.20. The molecule has 0 saturated heterocycles. The van der Waals surface area contributed by atoms with Gasteiger partial charge < -0.3 is 4.74 Å². The van der Waals surface area contributed by atoms with E-state index in [0.29, 0.717) is 24.2 Å². The number of hydrogen-bond acceptors (Lipinski definition) is 4. The lowest BCUT2D eigenvalue weighted by Gasteiger charge is -2.17. The van der Waals surface area contributed by atoms with Gasteiger partial charge >= 0.3 is 14.1 Å². The molecular weight excluding hydrogens is 325 g/mol. The van der Waals surface area contributed by atoms with E-state index in [-0.39, 0.29) is 12.5 Å². The molecule has 2 rings (SSSR count). The minimum atomic E-state index is -2.18. The summed E-state index contributed by atoms with van der Waals surface area (Å²) in [5.74, 6) is 1.59. The summed E-state index contributed by atoms with van der Waals surface area (Å²) in [6, 6.07) is 6.10. The fourth-order valence-corrected chi connectivity index (χ4v) is 3.50. The second kappa shape index (κ2) is 8.59. The Balaban J connectivity index is 2.14. The van der Waals surface area contributed by atoms with E-state index < -0.39 is 14.1 Å². The predicted molar refractivity (Wildman–Crippen MR) is 94.5 cm³/mol. The van der Waals surface area contributed by atoms with Crippen LogP contribution in [0.2, 0.25) is 0 Å². The fraction of sp³-hybridized carbons (Fsp3) is 0.611. The molecule has 1 aromatic carbocycles. The maximum atomic E-state index is 12.3. The van der Waals surface area contributed by atoms with Crippen LogP contribution in [-0.2, 0) is 14.1 Å². The molecule has 1 fully saturated rings. The van der Waals surface area contributed by atoms with Gasteiger partial charge in [0.2, 0.25) is 0 Å². The Labute approximate surface area is 145 Å². The average molecular weight is 352 g/mol. The smallest absolute Gasteiger partial charge is 0.465 e. The summed E-state index contributed by atoms with van der Waals surface area (Å²) in [6.07, 6.45) is 2.47. The summed E-state index contributed by atoms with van der Waals surface area (Å²) in [5.41, 5.74) is 2.14. The second-order valence-corrected chi connectivity index (χ2v) is 7.55. The Morgan fingerprint density at radius 2 is 1.96 bits per heavy atom. The van der Waals surface area contributed by atoms with Crippen LogP contribution >= 0.6 is 8.18 Å². The van der Waals surface area contributed by atoms with Crippen molar-refractivity contribution in [1.29, 1.82) is 0 Å². The molecule has 2 atom stereocenters. The third-order valence-electron chi connectivity index (χ3n) is 4.35. The lowest BCUT2D eigenvalue weighted by atomic mass is 9.90. The monoisotopic (exact) mass is 352 g/mol. The molecule has 0 spiro atoms. The van der Waals surface area contributed by atoms with Crippen molar-refractivity contribution in [2.45, 2.75) is 52.4 Å². The molecule has 0 bridgehead atoms. The van der Waals surface area contributed by atoms with Gasteiger partial charge in [-0.3, -0.25) is 4.79 Å². The molecule has 5 nitrogen and oxygen atoms in total. The van der Waals surface area contributed by atoms with Crippen LogP contribution < -0.4 is 9.61 Å². The Morgan fingerprint density at radius 1 is 1.29 bits per heavy atom. The molecule has 24 heavy (non-hydrogen) atoms. The number of nitrogens with one attached hydrogen (secondary N) is 1. The van der Waals surface area contributed by atoms with Crippen LogP contribution in [0, 0.1) is 5.92 Å². The Morgan fingerprint density at radius 3 is 2.54 bits per heavy atom. The standard InChI is InChI=1S/C18H27NO4P/c1-5-22-17(20)11-19-24(21)23-18-15(12(2)3)7-6-8-16(18)13(4)14-9-10-14/h6-8,12-14H,5,9-11H2,1-4H3,(H,19,21)/q+1. The normalized spacial score (nSPS) is 16.0. The first-order valence-corrected chi connectivity index (χ1v) is 9.78. The Kier molecular flexibility index (Phi) is 6.76. The van der Waals surface area contributed by atoms with E-state index in [4.69, 9.17) is 9.26 Å². The van der Waals surface area contributed by atoms with Gasteiger partial charge in [0.1, 0.15) is 6.54 Å². The molecule has 1 aliphatic rings. The average Bonchev–Trinajstić information content (AvgIpc) is 3.37. The van der Waals surface area contributed by atoms with Crippen molar-refractivity contribution in [3.63, 3.8) is 0 Å². The Bertz CT molecular complexity index is 599. The summed E-state index contributed by atoms with van der Waals surface area (Å²) in [5, 5.41) is 2.61. The predicted octanol–water partition coefficient (Wildman–Crippen LogP) is 4.51. The van der Waals surface area contributed by atoms with Crippen molar-refractivity contribution in [2.75, 3.05) is 13.2 Å². The van der Waals surface area contributed by atoms with Crippen molar-refractivity contribution in [3.8, 4) is 5.75 Å². The highest BCUT2D eigenvalue weighted by molar-refractivity contribution is 7.37. The second-order valence-electron chi connectivity index (χ2n) is 6.53. The van der Waals surface area contributed by atoms with Crippen LogP contribution in [0.25, 0.3) is 0 Å². The van der Waals surface area contributed by atoms with Gasteiger partial charge in [-0.2, -0.15) is 0 Å². The molecule has 0 amide bonds. The first-order chi connectivity index (χ1) is 11.4. The third-order valence-corrected chi connectivity index (χ3v) is 5.11. The van der Waals surface area contributed by atoms with Gasteiger partial charge in [-0.1, -0.05) is 44.1 Å². The number of benzene rings is 1. The van der Waals surface area contributed by atoms with Gasteiger partial charge in [-0.05, 0) is 37.5 Å². The van der Waals surface area contributed by atoms with Crippen LogP contribution in [0.3, 0.4) is 0 Å². The number of rotatable bonds is 9. The SMILES string of the molecule is CCOC(=O)CN[P+](=O)Oc1c(C(C)C)cccc1C(C)C1CC1. The van der Waals surface area contributed by atoms with Crippen LogP contribution in [0.15, 0.2) is 18.2 Å². The van der Waals surface area contributed by atoms with Crippen LogP contribution in [-0.4, -0.2) is 19.1 Å². The van der Waals surface area contributed by atoms with E-state index in [1.807, 2.05) is 12.1 Å². The van der Waals surface area contributed by atoms with Crippen molar-refractivity contribution in [1.82, 2.24) is 5.09 Å². The minimum absolute atomic E-state index is 0.125. The summed E-state index contributed by atoms with van der Waals surface area (Å²) in [4.78, 5) is 11.4. The van der Waals surface area contributed by atoms with Gasteiger partial charge in [0.15, 0.2) is 5.75 Å². The molecule has 0 aromatic heterocycles. The minimum Gasteiger partial charge on any atom is -0.465 e.